The van der Waals surface area contributed by atoms with E-state index in [9.17, 15) is 0 Å². The van der Waals surface area contributed by atoms with E-state index >= 15 is 0 Å². The lowest BCUT2D eigenvalue weighted by Gasteiger charge is -2.12. The van der Waals surface area contributed by atoms with Gasteiger partial charge >= 0.3 is 0 Å². The second-order valence-corrected chi connectivity index (χ2v) is 6.93. The van der Waals surface area contributed by atoms with Crippen LogP contribution in [0.3, 0.4) is 0 Å². The van der Waals surface area contributed by atoms with Crippen LogP contribution in [0.1, 0.15) is 22.5 Å². The summed E-state index contributed by atoms with van der Waals surface area (Å²) in [5, 5.41) is 0. The Labute approximate surface area is 160 Å². The lowest BCUT2D eigenvalue weighted by molar-refractivity contribution is 0.298. The number of para-hydroxylation sites is 2. The van der Waals surface area contributed by atoms with Crippen LogP contribution in [0.15, 0.2) is 72.8 Å². The molecule has 0 aliphatic rings. The number of fused-ring (bicyclic) bond motifs is 1. The molecule has 0 fully saturated rings. The van der Waals surface area contributed by atoms with Crippen molar-refractivity contribution in [3.8, 4) is 5.75 Å². The zero-order chi connectivity index (χ0) is 18.6. The van der Waals surface area contributed by atoms with Crippen molar-refractivity contribution in [3.05, 3.63) is 95.3 Å². The molecule has 0 aliphatic heterocycles. The van der Waals surface area contributed by atoms with E-state index in [1.165, 1.54) is 16.7 Å². The fourth-order valence-corrected chi connectivity index (χ4v) is 3.38. The van der Waals surface area contributed by atoms with Crippen molar-refractivity contribution in [2.45, 2.75) is 26.8 Å². The molecule has 4 aromatic rings. The minimum atomic E-state index is 0.615. The fraction of sp³-hybridized carbons (Fsp3) is 0.208. The molecule has 1 aromatic heterocycles. The second kappa shape index (κ2) is 7.67. The van der Waals surface area contributed by atoms with Crippen molar-refractivity contribution in [2.24, 2.45) is 0 Å². The van der Waals surface area contributed by atoms with Gasteiger partial charge in [-0.15, -0.1) is 0 Å². The predicted octanol–water partition coefficient (Wildman–Crippen LogP) is 5.32. The number of aromatic nitrogens is 2. The van der Waals surface area contributed by atoms with E-state index in [4.69, 9.17) is 9.72 Å². The van der Waals surface area contributed by atoms with Crippen LogP contribution in [0, 0.1) is 13.8 Å². The summed E-state index contributed by atoms with van der Waals surface area (Å²) < 4.78 is 8.25. The summed E-state index contributed by atoms with van der Waals surface area (Å²) in [6.45, 7) is 5.63. The van der Waals surface area contributed by atoms with Crippen LogP contribution in [0.2, 0.25) is 0 Å². The molecule has 0 saturated heterocycles. The molecule has 0 spiro atoms. The summed E-state index contributed by atoms with van der Waals surface area (Å²) >= 11 is 0. The normalized spacial score (nSPS) is 11.0. The van der Waals surface area contributed by atoms with E-state index in [2.05, 4.69) is 73.0 Å². The molecule has 0 amide bonds. The first-order valence-corrected chi connectivity index (χ1v) is 9.39. The summed E-state index contributed by atoms with van der Waals surface area (Å²) in [7, 11) is 0. The zero-order valence-electron chi connectivity index (χ0n) is 15.9. The summed E-state index contributed by atoms with van der Waals surface area (Å²) in [6.07, 6.45) is 0.825. The maximum atomic E-state index is 5.96. The second-order valence-electron chi connectivity index (χ2n) is 6.93. The van der Waals surface area contributed by atoms with E-state index in [0.29, 0.717) is 6.61 Å². The fourth-order valence-electron chi connectivity index (χ4n) is 3.38. The summed E-state index contributed by atoms with van der Waals surface area (Å²) in [6, 6.07) is 25.0. The van der Waals surface area contributed by atoms with E-state index in [-0.39, 0.29) is 0 Å². The Bertz CT molecular complexity index is 1050. The highest BCUT2D eigenvalue weighted by Gasteiger charge is 2.12. The van der Waals surface area contributed by atoms with Gasteiger partial charge < -0.3 is 9.30 Å². The molecular formula is C24H24N2O. The van der Waals surface area contributed by atoms with E-state index in [1.54, 1.807) is 0 Å². The van der Waals surface area contributed by atoms with Crippen LogP contribution < -0.4 is 4.74 Å². The molecule has 3 nitrogen and oxygen atoms in total. The van der Waals surface area contributed by atoms with E-state index in [1.807, 2.05) is 18.2 Å². The maximum absolute atomic E-state index is 5.96. The number of benzene rings is 3. The molecule has 0 bridgehead atoms. The lowest BCUT2D eigenvalue weighted by Crippen LogP contribution is -2.12. The van der Waals surface area contributed by atoms with Crippen LogP contribution in [-0.2, 0) is 13.0 Å². The SMILES string of the molecule is Cc1ccc(OCCn2c(Cc3ccccc3C)nc3ccccc32)cc1. The first-order chi connectivity index (χ1) is 13.2. The highest BCUT2D eigenvalue weighted by molar-refractivity contribution is 5.76. The molecule has 3 heteroatoms. The maximum Gasteiger partial charge on any atom is 0.119 e. The molecule has 0 unspecified atom stereocenters. The van der Waals surface area contributed by atoms with Gasteiger partial charge in [-0.25, -0.2) is 4.98 Å². The first kappa shape index (κ1) is 17.3. The smallest absolute Gasteiger partial charge is 0.119 e. The third-order valence-electron chi connectivity index (χ3n) is 4.95. The molecular weight excluding hydrogens is 332 g/mol. The molecule has 27 heavy (non-hydrogen) atoms. The van der Waals surface area contributed by atoms with Crippen LogP contribution in [0.4, 0.5) is 0 Å². The van der Waals surface area contributed by atoms with Crippen LogP contribution in [0.5, 0.6) is 5.75 Å². The predicted molar refractivity (Wildman–Crippen MR) is 110 cm³/mol. The van der Waals surface area contributed by atoms with Gasteiger partial charge in [0.15, 0.2) is 0 Å². The molecule has 0 radical (unpaired) electrons. The minimum absolute atomic E-state index is 0.615. The Morgan fingerprint density at radius 1 is 0.852 bits per heavy atom. The lowest BCUT2D eigenvalue weighted by atomic mass is 10.1. The molecule has 0 saturated carbocycles. The van der Waals surface area contributed by atoms with E-state index < -0.39 is 0 Å². The average molecular weight is 356 g/mol. The van der Waals surface area contributed by atoms with Crippen LogP contribution >= 0.6 is 0 Å². The minimum Gasteiger partial charge on any atom is -0.492 e. The van der Waals surface area contributed by atoms with Gasteiger partial charge in [0, 0.05) is 6.42 Å². The largest absolute Gasteiger partial charge is 0.492 e. The van der Waals surface area contributed by atoms with Crippen molar-refractivity contribution in [1.82, 2.24) is 9.55 Å². The van der Waals surface area contributed by atoms with Crippen molar-refractivity contribution in [1.29, 1.82) is 0 Å². The Kier molecular flexibility index (Phi) is 4.93. The number of nitrogens with zero attached hydrogens (tertiary/aromatic N) is 2. The van der Waals surface area contributed by atoms with Gasteiger partial charge in [0.25, 0.3) is 0 Å². The van der Waals surface area contributed by atoms with Gasteiger partial charge in [-0.1, -0.05) is 54.1 Å². The first-order valence-electron chi connectivity index (χ1n) is 9.39. The average Bonchev–Trinajstić information content (AvgIpc) is 3.03. The van der Waals surface area contributed by atoms with E-state index in [0.717, 1.165) is 35.6 Å². The number of hydrogen-bond acceptors (Lipinski definition) is 2. The van der Waals surface area contributed by atoms with Gasteiger partial charge in [0.2, 0.25) is 0 Å². The summed E-state index contributed by atoms with van der Waals surface area (Å²) in [5.74, 6) is 1.99. The van der Waals surface area contributed by atoms with Gasteiger partial charge in [0.1, 0.15) is 18.2 Å². The molecule has 136 valence electrons. The Balaban J connectivity index is 1.58. The molecule has 0 aliphatic carbocycles. The van der Waals surface area contributed by atoms with Gasteiger partial charge in [-0.3, -0.25) is 0 Å². The third-order valence-corrected chi connectivity index (χ3v) is 4.95. The van der Waals surface area contributed by atoms with Crippen molar-refractivity contribution in [2.75, 3.05) is 6.61 Å². The van der Waals surface area contributed by atoms with Crippen molar-refractivity contribution in [3.63, 3.8) is 0 Å². The zero-order valence-corrected chi connectivity index (χ0v) is 15.9. The highest BCUT2D eigenvalue weighted by atomic mass is 16.5. The quantitative estimate of drug-likeness (QED) is 0.467. The Hall–Kier alpha value is -3.07. The number of aryl methyl sites for hydroxylation is 2. The van der Waals surface area contributed by atoms with Crippen LogP contribution in [0.25, 0.3) is 11.0 Å². The Morgan fingerprint density at radius 2 is 1.59 bits per heavy atom. The van der Waals surface area contributed by atoms with Gasteiger partial charge in [-0.2, -0.15) is 0 Å². The summed E-state index contributed by atoms with van der Waals surface area (Å²) in [5.41, 5.74) is 6.05. The molecule has 0 atom stereocenters. The van der Waals surface area contributed by atoms with Crippen LogP contribution in [-0.4, -0.2) is 16.2 Å². The van der Waals surface area contributed by atoms with Crippen molar-refractivity contribution < 1.29 is 4.74 Å². The van der Waals surface area contributed by atoms with Crippen molar-refractivity contribution >= 4 is 11.0 Å². The third kappa shape index (κ3) is 3.87. The number of hydrogen-bond donors (Lipinski definition) is 0. The molecule has 1 heterocycles. The Morgan fingerprint density at radius 3 is 2.41 bits per heavy atom. The van der Waals surface area contributed by atoms with Gasteiger partial charge in [0.05, 0.1) is 17.6 Å². The van der Waals surface area contributed by atoms with Gasteiger partial charge in [-0.05, 0) is 49.2 Å². The standard InChI is InChI=1S/C24H24N2O/c1-18-11-13-21(14-12-18)27-16-15-26-23-10-6-5-9-22(23)25-24(26)17-20-8-4-3-7-19(20)2/h3-14H,15-17H2,1-2H3. The molecule has 3 aromatic carbocycles. The summed E-state index contributed by atoms with van der Waals surface area (Å²) in [4.78, 5) is 4.89. The highest BCUT2D eigenvalue weighted by Crippen LogP contribution is 2.20. The number of imidazole rings is 1. The molecule has 0 N–H and O–H groups in total. The number of ether oxygens (including phenoxy) is 1. The number of rotatable bonds is 6. The topological polar surface area (TPSA) is 27.1 Å². The monoisotopic (exact) mass is 356 g/mol. The molecule has 4 rings (SSSR count).